The van der Waals surface area contributed by atoms with Crippen molar-refractivity contribution in [1.29, 1.82) is 0 Å². The predicted octanol–water partition coefficient (Wildman–Crippen LogP) is 3.79. The number of thiazole rings is 1. The molecule has 1 aliphatic rings. The molecule has 138 valence electrons. The lowest BCUT2D eigenvalue weighted by molar-refractivity contribution is -0.385. The van der Waals surface area contributed by atoms with E-state index in [0.29, 0.717) is 24.1 Å². The molecule has 8 nitrogen and oxygen atoms in total. The van der Waals surface area contributed by atoms with Crippen LogP contribution < -0.4 is 14.8 Å². The zero-order valence-corrected chi connectivity index (χ0v) is 15.2. The molecule has 2 heterocycles. The minimum Gasteiger partial charge on any atom is -0.486 e. The number of nitro groups is 1. The highest BCUT2D eigenvalue weighted by molar-refractivity contribution is 7.22. The Hall–Kier alpha value is -3.20. The van der Waals surface area contributed by atoms with Crippen LogP contribution in [0.25, 0.3) is 10.2 Å². The molecule has 0 aliphatic carbocycles. The van der Waals surface area contributed by atoms with E-state index < -0.39 is 10.8 Å². The van der Waals surface area contributed by atoms with Gasteiger partial charge in [0.2, 0.25) is 0 Å². The van der Waals surface area contributed by atoms with E-state index >= 15 is 0 Å². The molecule has 1 aromatic heterocycles. The van der Waals surface area contributed by atoms with Crippen molar-refractivity contribution >= 4 is 38.3 Å². The quantitative estimate of drug-likeness (QED) is 0.541. The lowest BCUT2D eigenvalue weighted by Crippen LogP contribution is -2.18. The summed E-state index contributed by atoms with van der Waals surface area (Å²) in [5, 5.41) is 14.4. The fourth-order valence-electron chi connectivity index (χ4n) is 2.82. The molecule has 0 radical (unpaired) electrons. The number of amides is 1. The SMILES string of the molecule is CCc1ccc2nc(NC(=O)c3cc4c(cc3[N+](=O)[O-])OCCO4)sc2c1. The van der Waals surface area contributed by atoms with E-state index in [1.165, 1.54) is 29.0 Å². The average Bonchev–Trinajstić information content (AvgIpc) is 3.07. The molecule has 1 aliphatic heterocycles. The fraction of sp³-hybridized carbons (Fsp3) is 0.222. The van der Waals surface area contributed by atoms with Crippen LogP contribution in [-0.4, -0.2) is 29.0 Å². The molecule has 0 fully saturated rings. The Morgan fingerprint density at radius 2 is 2.00 bits per heavy atom. The topological polar surface area (TPSA) is 104 Å². The maximum atomic E-state index is 12.7. The lowest BCUT2D eigenvalue weighted by Gasteiger charge is -2.18. The number of hydrogen-bond acceptors (Lipinski definition) is 7. The Kier molecular flexibility index (Phi) is 4.36. The summed E-state index contributed by atoms with van der Waals surface area (Å²) in [6.45, 7) is 2.69. The van der Waals surface area contributed by atoms with Crippen molar-refractivity contribution in [1.82, 2.24) is 4.98 Å². The lowest BCUT2D eigenvalue weighted by atomic mass is 10.1. The van der Waals surface area contributed by atoms with E-state index in [4.69, 9.17) is 9.47 Å². The van der Waals surface area contributed by atoms with Gasteiger partial charge in [0.15, 0.2) is 16.6 Å². The Morgan fingerprint density at radius 1 is 1.26 bits per heavy atom. The smallest absolute Gasteiger partial charge is 0.286 e. The second kappa shape index (κ2) is 6.84. The molecule has 0 saturated carbocycles. The second-order valence-corrected chi connectivity index (χ2v) is 6.93. The summed E-state index contributed by atoms with van der Waals surface area (Å²) in [6.07, 6.45) is 0.902. The first-order valence-corrected chi connectivity index (χ1v) is 9.15. The van der Waals surface area contributed by atoms with Gasteiger partial charge < -0.3 is 9.47 Å². The van der Waals surface area contributed by atoms with E-state index in [9.17, 15) is 14.9 Å². The first kappa shape index (κ1) is 17.2. The number of nitrogens with zero attached hydrogens (tertiary/aromatic N) is 2. The Bertz CT molecular complexity index is 1060. The third kappa shape index (κ3) is 3.28. The number of aryl methyl sites for hydroxylation is 1. The van der Waals surface area contributed by atoms with Gasteiger partial charge in [-0.25, -0.2) is 4.98 Å². The third-order valence-corrected chi connectivity index (χ3v) is 5.12. The Labute approximate surface area is 157 Å². The summed E-state index contributed by atoms with van der Waals surface area (Å²) in [7, 11) is 0. The molecule has 0 atom stereocenters. The number of ether oxygens (including phenoxy) is 2. The van der Waals surface area contributed by atoms with Crippen LogP contribution in [0, 0.1) is 10.1 Å². The predicted molar refractivity (Wildman–Crippen MR) is 101 cm³/mol. The number of nitrogens with one attached hydrogen (secondary N) is 1. The van der Waals surface area contributed by atoms with Gasteiger partial charge in [-0.1, -0.05) is 24.3 Å². The molecule has 2 aromatic carbocycles. The molecule has 0 spiro atoms. The molecule has 4 rings (SSSR count). The van der Waals surface area contributed by atoms with Crippen LogP contribution in [0.5, 0.6) is 11.5 Å². The van der Waals surface area contributed by atoms with Crippen LogP contribution in [0.4, 0.5) is 10.8 Å². The number of nitro benzene ring substituents is 1. The van der Waals surface area contributed by atoms with Gasteiger partial charge in [0, 0.05) is 6.07 Å². The standard InChI is InChI=1S/C18H15N3O5S/c1-2-10-3-4-12-16(7-10)27-18(19-12)20-17(22)11-8-14-15(26-6-5-25-14)9-13(11)21(23)24/h3-4,7-9H,2,5-6H2,1H3,(H,19,20,22). The van der Waals surface area contributed by atoms with Crippen LogP contribution >= 0.6 is 11.3 Å². The maximum absolute atomic E-state index is 12.7. The molecule has 0 saturated heterocycles. The highest BCUT2D eigenvalue weighted by atomic mass is 32.1. The number of aromatic nitrogens is 1. The molecule has 1 amide bonds. The summed E-state index contributed by atoms with van der Waals surface area (Å²) in [6, 6.07) is 8.46. The van der Waals surface area contributed by atoms with Gasteiger partial charge in [0.05, 0.1) is 21.2 Å². The highest BCUT2D eigenvalue weighted by Crippen LogP contribution is 2.37. The molecule has 0 bridgehead atoms. The van der Waals surface area contributed by atoms with Gasteiger partial charge in [-0.15, -0.1) is 0 Å². The van der Waals surface area contributed by atoms with Crippen LogP contribution in [0.3, 0.4) is 0 Å². The first-order chi connectivity index (χ1) is 13.0. The zero-order valence-electron chi connectivity index (χ0n) is 14.4. The van der Waals surface area contributed by atoms with Gasteiger partial charge >= 0.3 is 0 Å². The number of fused-ring (bicyclic) bond motifs is 2. The van der Waals surface area contributed by atoms with Crippen molar-refractivity contribution < 1.29 is 19.2 Å². The molecule has 0 unspecified atom stereocenters. The average molecular weight is 385 g/mol. The minimum absolute atomic E-state index is 0.0993. The normalized spacial score (nSPS) is 12.8. The minimum atomic E-state index is -0.617. The van der Waals surface area contributed by atoms with Crippen molar-refractivity contribution in [2.24, 2.45) is 0 Å². The molecule has 27 heavy (non-hydrogen) atoms. The van der Waals surface area contributed by atoms with E-state index in [1.54, 1.807) is 0 Å². The second-order valence-electron chi connectivity index (χ2n) is 5.90. The number of carbonyl (C=O) groups is 1. The van der Waals surface area contributed by atoms with Crippen molar-refractivity contribution in [3.8, 4) is 11.5 Å². The monoisotopic (exact) mass is 385 g/mol. The molecular formula is C18H15N3O5S. The van der Waals surface area contributed by atoms with Gasteiger partial charge in [-0.3, -0.25) is 20.2 Å². The third-order valence-electron chi connectivity index (χ3n) is 4.18. The van der Waals surface area contributed by atoms with Gasteiger partial charge in [-0.2, -0.15) is 0 Å². The Balaban J connectivity index is 1.67. The summed E-state index contributed by atoms with van der Waals surface area (Å²) >= 11 is 1.32. The van der Waals surface area contributed by atoms with Crippen molar-refractivity contribution in [3.63, 3.8) is 0 Å². The van der Waals surface area contributed by atoms with Crippen molar-refractivity contribution in [2.45, 2.75) is 13.3 Å². The van der Waals surface area contributed by atoms with Crippen molar-refractivity contribution in [2.75, 3.05) is 18.5 Å². The number of rotatable bonds is 4. The summed E-state index contributed by atoms with van der Waals surface area (Å²) in [5.41, 5.74) is 1.50. The summed E-state index contributed by atoms with van der Waals surface area (Å²) in [5.74, 6) is -0.0427. The first-order valence-electron chi connectivity index (χ1n) is 8.34. The molecule has 9 heteroatoms. The van der Waals surface area contributed by atoms with E-state index in [2.05, 4.69) is 17.2 Å². The molecule has 1 N–H and O–H groups in total. The van der Waals surface area contributed by atoms with Gasteiger partial charge in [-0.05, 0) is 24.1 Å². The Morgan fingerprint density at radius 3 is 2.70 bits per heavy atom. The van der Waals surface area contributed by atoms with Gasteiger partial charge in [0.1, 0.15) is 18.8 Å². The zero-order chi connectivity index (χ0) is 19.0. The fourth-order valence-corrected chi connectivity index (χ4v) is 3.74. The van der Waals surface area contributed by atoms with Crippen molar-refractivity contribution in [3.05, 3.63) is 51.6 Å². The summed E-state index contributed by atoms with van der Waals surface area (Å²) in [4.78, 5) is 27.8. The largest absolute Gasteiger partial charge is 0.486 e. The highest BCUT2D eigenvalue weighted by Gasteiger charge is 2.27. The van der Waals surface area contributed by atoms with Crippen LogP contribution in [-0.2, 0) is 6.42 Å². The number of carbonyl (C=O) groups excluding carboxylic acids is 1. The van der Waals surface area contributed by atoms with Crippen LogP contribution in [0.15, 0.2) is 30.3 Å². The van der Waals surface area contributed by atoms with Crippen LogP contribution in [0.2, 0.25) is 0 Å². The van der Waals surface area contributed by atoms with Gasteiger partial charge in [0.25, 0.3) is 11.6 Å². The van der Waals surface area contributed by atoms with E-state index in [-0.39, 0.29) is 17.0 Å². The summed E-state index contributed by atoms with van der Waals surface area (Å²) < 4.78 is 11.7. The van der Waals surface area contributed by atoms with Crippen LogP contribution in [0.1, 0.15) is 22.8 Å². The van der Waals surface area contributed by atoms with E-state index in [0.717, 1.165) is 16.6 Å². The molecular weight excluding hydrogens is 370 g/mol. The number of hydrogen-bond donors (Lipinski definition) is 1. The van der Waals surface area contributed by atoms with E-state index in [1.807, 2.05) is 18.2 Å². The molecule has 3 aromatic rings. The number of benzene rings is 2. The maximum Gasteiger partial charge on any atom is 0.286 e. The number of anilines is 1.